The molecule has 0 aliphatic heterocycles. The Labute approximate surface area is 184 Å². The maximum atomic E-state index is 12.4. The summed E-state index contributed by atoms with van der Waals surface area (Å²) >= 11 is 12.4. The number of nitro benzene ring substituents is 1. The number of ether oxygens (including phenoxy) is 1. The first kappa shape index (κ1) is 22.5. The minimum atomic E-state index is -4.19. The molecule has 0 amide bonds. The van der Waals surface area contributed by atoms with Crippen molar-refractivity contribution in [2.75, 3.05) is 12.4 Å². The van der Waals surface area contributed by atoms with Crippen molar-refractivity contribution in [2.24, 2.45) is 5.14 Å². The maximum absolute atomic E-state index is 12.4. The number of hydrogen-bond acceptors (Lipinski definition) is 9. The minimum Gasteiger partial charge on any atom is -0.465 e. The summed E-state index contributed by atoms with van der Waals surface area (Å²) < 4.78 is 32.9. The normalized spacial score (nSPS) is 11.2. The molecule has 0 aliphatic rings. The van der Waals surface area contributed by atoms with Crippen LogP contribution in [0.4, 0.5) is 17.3 Å². The van der Waals surface area contributed by atoms with E-state index in [1.807, 2.05) is 0 Å². The first-order valence-electron chi connectivity index (χ1n) is 8.15. The van der Waals surface area contributed by atoms with Crippen molar-refractivity contribution in [2.45, 2.75) is 4.90 Å². The van der Waals surface area contributed by atoms with E-state index < -0.39 is 31.5 Å². The number of carbonyl (C=O) groups is 1. The van der Waals surface area contributed by atoms with Gasteiger partial charge >= 0.3 is 5.97 Å². The van der Waals surface area contributed by atoms with Crippen LogP contribution in [-0.2, 0) is 14.8 Å². The Morgan fingerprint density at radius 2 is 1.90 bits per heavy atom. The molecule has 1 aromatic heterocycles. The lowest BCUT2D eigenvalue weighted by atomic mass is 10.1. The number of nitrogens with two attached hydrogens (primary N) is 1. The Morgan fingerprint density at radius 3 is 2.45 bits per heavy atom. The molecule has 1 heterocycles. The van der Waals surface area contributed by atoms with Crippen molar-refractivity contribution in [3.63, 3.8) is 0 Å². The van der Waals surface area contributed by atoms with Gasteiger partial charge in [-0.05, 0) is 24.3 Å². The van der Waals surface area contributed by atoms with Gasteiger partial charge < -0.3 is 14.6 Å². The molecular formula is C17H12Cl2N4O7S. The van der Waals surface area contributed by atoms with Gasteiger partial charge in [-0.25, -0.2) is 18.4 Å². The molecule has 0 saturated carbocycles. The molecule has 2 aromatic carbocycles. The molecule has 0 bridgehead atoms. The Morgan fingerprint density at radius 1 is 1.26 bits per heavy atom. The topological polar surface area (TPSA) is 168 Å². The van der Waals surface area contributed by atoms with Gasteiger partial charge in [0.1, 0.15) is 11.4 Å². The summed E-state index contributed by atoms with van der Waals surface area (Å²) in [5, 5.41) is 23.2. The minimum absolute atomic E-state index is 0.0613. The van der Waals surface area contributed by atoms with Crippen LogP contribution in [0.1, 0.15) is 10.4 Å². The van der Waals surface area contributed by atoms with Gasteiger partial charge in [0.2, 0.25) is 15.9 Å². The Bertz CT molecular complexity index is 1290. The number of nitrogens with one attached hydrogen (secondary N) is 1. The van der Waals surface area contributed by atoms with Gasteiger partial charge in [-0.15, -0.1) is 0 Å². The van der Waals surface area contributed by atoms with Crippen LogP contribution in [0.3, 0.4) is 0 Å². The van der Waals surface area contributed by atoms with Gasteiger partial charge in [0.15, 0.2) is 5.56 Å². The Hall–Kier alpha value is -3.19. The second-order valence-electron chi connectivity index (χ2n) is 5.93. The first-order valence-corrected chi connectivity index (χ1v) is 10.5. The highest BCUT2D eigenvalue weighted by Gasteiger charge is 2.29. The fraction of sp³-hybridized carbons (Fsp3) is 0.0588. The fourth-order valence-corrected chi connectivity index (χ4v) is 3.74. The molecule has 3 N–H and O–H groups in total. The quantitative estimate of drug-likeness (QED) is 0.299. The molecule has 0 radical (unpaired) electrons. The van der Waals surface area contributed by atoms with Crippen molar-refractivity contribution in [1.82, 2.24) is 5.16 Å². The predicted molar refractivity (Wildman–Crippen MR) is 111 cm³/mol. The number of anilines is 2. The number of carbonyl (C=O) groups excluding carboxylic acids is 1. The molecule has 0 spiro atoms. The van der Waals surface area contributed by atoms with Crippen LogP contribution in [0.5, 0.6) is 0 Å². The molecule has 11 nitrogen and oxygen atoms in total. The largest absolute Gasteiger partial charge is 0.465 e. The molecule has 3 aromatic rings. The van der Waals surface area contributed by atoms with E-state index in [1.54, 1.807) is 6.07 Å². The summed E-state index contributed by atoms with van der Waals surface area (Å²) in [7, 11) is -3.08. The summed E-state index contributed by atoms with van der Waals surface area (Å²) in [5.74, 6) is -1.21. The number of nitro groups is 1. The van der Waals surface area contributed by atoms with E-state index in [4.69, 9.17) is 37.6 Å². The molecule has 31 heavy (non-hydrogen) atoms. The Balaban J connectivity index is 2.17. The zero-order valence-corrected chi connectivity index (χ0v) is 17.8. The lowest BCUT2D eigenvalue weighted by Gasteiger charge is -2.08. The van der Waals surface area contributed by atoms with Gasteiger partial charge in [0, 0.05) is 11.6 Å². The van der Waals surface area contributed by atoms with Gasteiger partial charge in [-0.1, -0.05) is 34.4 Å². The Kier molecular flexibility index (Phi) is 6.18. The van der Waals surface area contributed by atoms with Gasteiger partial charge in [-0.3, -0.25) is 10.1 Å². The summed E-state index contributed by atoms with van der Waals surface area (Å²) in [6, 6.07) is 7.51. The van der Waals surface area contributed by atoms with E-state index in [9.17, 15) is 23.3 Å². The molecule has 3 rings (SSSR count). The summed E-state index contributed by atoms with van der Waals surface area (Å²) in [5.41, 5.74) is -0.954. The van der Waals surface area contributed by atoms with Crippen LogP contribution in [0.2, 0.25) is 10.0 Å². The molecule has 0 saturated heterocycles. The highest BCUT2D eigenvalue weighted by Crippen LogP contribution is 2.40. The van der Waals surface area contributed by atoms with E-state index in [2.05, 4.69) is 10.5 Å². The zero-order valence-electron chi connectivity index (χ0n) is 15.5. The van der Waals surface area contributed by atoms with Crippen LogP contribution >= 0.6 is 23.2 Å². The zero-order chi connectivity index (χ0) is 22.9. The van der Waals surface area contributed by atoms with Crippen LogP contribution in [0.25, 0.3) is 11.3 Å². The second-order valence-corrected chi connectivity index (χ2v) is 8.31. The summed E-state index contributed by atoms with van der Waals surface area (Å²) in [6.07, 6.45) is 0. The lowest BCUT2D eigenvalue weighted by Crippen LogP contribution is -2.12. The van der Waals surface area contributed by atoms with Gasteiger partial charge in [-0.2, -0.15) is 0 Å². The number of aromatic nitrogens is 1. The van der Waals surface area contributed by atoms with Crippen LogP contribution in [0, 0.1) is 10.1 Å². The number of hydrogen-bond donors (Lipinski definition) is 2. The predicted octanol–water partition coefficient (Wildman–Crippen LogP) is 3.73. The number of halogens is 2. The van der Waals surface area contributed by atoms with Gasteiger partial charge in [0.05, 0.1) is 27.0 Å². The van der Waals surface area contributed by atoms with Crippen LogP contribution in [0.15, 0.2) is 45.8 Å². The van der Waals surface area contributed by atoms with E-state index in [0.717, 1.165) is 25.3 Å². The van der Waals surface area contributed by atoms with Gasteiger partial charge in [0.25, 0.3) is 5.69 Å². The van der Waals surface area contributed by atoms with Crippen molar-refractivity contribution in [3.05, 3.63) is 62.1 Å². The van der Waals surface area contributed by atoms with E-state index in [1.165, 1.54) is 12.1 Å². The van der Waals surface area contributed by atoms with Crippen LogP contribution in [-0.4, -0.2) is 31.6 Å². The third-order valence-electron chi connectivity index (χ3n) is 4.02. The third kappa shape index (κ3) is 4.46. The molecule has 0 aliphatic carbocycles. The third-order valence-corrected chi connectivity index (χ3v) is 5.56. The van der Waals surface area contributed by atoms with E-state index in [0.29, 0.717) is 0 Å². The van der Waals surface area contributed by atoms with Crippen molar-refractivity contribution >= 4 is 56.5 Å². The number of benzene rings is 2. The highest BCUT2D eigenvalue weighted by molar-refractivity contribution is 7.89. The molecule has 0 fully saturated rings. The number of methoxy groups -OCH3 is 1. The number of rotatable bonds is 6. The fourth-order valence-electron chi connectivity index (χ4n) is 2.63. The molecule has 162 valence electrons. The molecule has 0 unspecified atom stereocenters. The average molecular weight is 487 g/mol. The summed E-state index contributed by atoms with van der Waals surface area (Å²) in [4.78, 5) is 22.6. The second kappa shape index (κ2) is 8.51. The lowest BCUT2D eigenvalue weighted by molar-refractivity contribution is -0.384. The van der Waals surface area contributed by atoms with Crippen molar-refractivity contribution < 1.29 is 27.4 Å². The van der Waals surface area contributed by atoms with Crippen molar-refractivity contribution in [1.29, 1.82) is 0 Å². The average Bonchev–Trinajstić information content (AvgIpc) is 3.09. The monoisotopic (exact) mass is 486 g/mol. The van der Waals surface area contributed by atoms with E-state index >= 15 is 0 Å². The van der Waals surface area contributed by atoms with E-state index in [-0.39, 0.29) is 38.4 Å². The van der Waals surface area contributed by atoms with Crippen molar-refractivity contribution in [3.8, 4) is 11.3 Å². The smallest absolute Gasteiger partial charge is 0.345 e. The number of sulfonamides is 1. The number of esters is 1. The molecule has 14 heteroatoms. The highest BCUT2D eigenvalue weighted by atomic mass is 35.5. The molecular weight excluding hydrogens is 475 g/mol. The number of primary sulfonamides is 1. The number of nitrogens with zero attached hydrogens (tertiary/aromatic N) is 2. The standard InChI is InChI=1S/C17H12Cl2N4O7S/c1-29-17(24)14-15(13-9(18)3-2-4-10(13)19)22-30-16(14)21-11-6-5-8(31(20,27)28)7-12(11)23(25)26/h2-7,21H,1H3,(H2,20,27,28). The summed E-state index contributed by atoms with van der Waals surface area (Å²) in [6.45, 7) is 0. The first-order chi connectivity index (χ1) is 14.5. The van der Waals surface area contributed by atoms with Crippen LogP contribution < -0.4 is 10.5 Å². The molecule has 0 atom stereocenters. The SMILES string of the molecule is COC(=O)c1c(-c2c(Cl)cccc2Cl)noc1Nc1ccc(S(N)(=O)=O)cc1[N+](=O)[O-]. The maximum Gasteiger partial charge on any atom is 0.345 e.